The van der Waals surface area contributed by atoms with E-state index < -0.39 is 0 Å². The molecular weight excluding hydrogens is 450 g/mol. The number of likely N-dealkylation sites (tertiary alicyclic amines) is 1. The molecule has 1 saturated carbocycles. The van der Waals surface area contributed by atoms with Crippen LogP contribution in [0.4, 0.5) is 5.69 Å². The van der Waals surface area contributed by atoms with Crippen molar-refractivity contribution in [1.82, 2.24) is 9.80 Å². The molecule has 36 heavy (non-hydrogen) atoms. The van der Waals surface area contributed by atoms with E-state index in [9.17, 15) is 9.90 Å². The fourth-order valence-electron chi connectivity index (χ4n) is 7.79. The zero-order chi connectivity index (χ0) is 25.4. The molecule has 0 unspecified atom stereocenters. The number of piperidine rings is 1. The quantitative estimate of drug-likeness (QED) is 0.662. The molecule has 2 aliphatic carbocycles. The average Bonchev–Trinajstić information content (AvgIpc) is 3.20. The third-order valence-electron chi connectivity index (χ3n) is 9.46. The Labute approximate surface area is 214 Å². The zero-order valence-electron chi connectivity index (χ0n) is 22.0. The van der Waals surface area contributed by atoms with Crippen molar-refractivity contribution in [2.24, 2.45) is 5.92 Å². The van der Waals surface area contributed by atoms with Gasteiger partial charge in [-0.05, 0) is 69.3 Å². The minimum Gasteiger partial charge on any atom is -0.504 e. The summed E-state index contributed by atoms with van der Waals surface area (Å²) in [6.07, 6.45) is 7.38. The fourth-order valence-corrected chi connectivity index (χ4v) is 7.79. The van der Waals surface area contributed by atoms with Crippen LogP contribution >= 0.6 is 0 Å². The second kappa shape index (κ2) is 8.27. The largest absolute Gasteiger partial charge is 0.504 e. The van der Waals surface area contributed by atoms with Crippen LogP contribution in [0.15, 0.2) is 36.4 Å². The molecule has 4 aliphatic rings. The predicted molar refractivity (Wildman–Crippen MR) is 143 cm³/mol. The maximum Gasteiger partial charge on any atom is 0.246 e. The number of rotatable bonds is 4. The molecular formula is C30H37N3O3. The highest BCUT2D eigenvalue weighted by atomic mass is 16.5. The Morgan fingerprint density at radius 2 is 2.03 bits per heavy atom. The van der Waals surface area contributed by atoms with E-state index >= 15 is 0 Å². The van der Waals surface area contributed by atoms with E-state index in [4.69, 9.17) is 4.74 Å². The number of amides is 1. The molecule has 1 N–H and O–H groups in total. The number of phenols is 1. The molecule has 2 aromatic rings. The number of hydrogen-bond donors (Lipinski definition) is 1. The number of likely N-dealkylation sites (N-methyl/N-ethyl adjacent to an activating group) is 2. The highest BCUT2D eigenvalue weighted by molar-refractivity contribution is 5.92. The highest BCUT2D eigenvalue weighted by Crippen LogP contribution is 2.65. The topological polar surface area (TPSA) is 56.2 Å². The Morgan fingerprint density at radius 3 is 2.78 bits per heavy atom. The van der Waals surface area contributed by atoms with Gasteiger partial charge in [-0.1, -0.05) is 29.8 Å². The summed E-state index contributed by atoms with van der Waals surface area (Å²) in [6.45, 7) is 3.06. The third kappa shape index (κ3) is 3.23. The van der Waals surface area contributed by atoms with Gasteiger partial charge in [0.2, 0.25) is 5.91 Å². The summed E-state index contributed by atoms with van der Waals surface area (Å²) >= 11 is 0. The highest BCUT2D eigenvalue weighted by Gasteiger charge is 2.66. The Hall–Kier alpha value is -2.99. The van der Waals surface area contributed by atoms with Crippen molar-refractivity contribution in [3.8, 4) is 11.5 Å². The van der Waals surface area contributed by atoms with Gasteiger partial charge in [0, 0.05) is 56.0 Å². The minimum atomic E-state index is -0.165. The molecule has 0 radical (unpaired) electrons. The molecule has 6 heteroatoms. The van der Waals surface area contributed by atoms with Gasteiger partial charge in [0.05, 0.1) is 6.04 Å². The summed E-state index contributed by atoms with van der Waals surface area (Å²) in [6, 6.07) is 10.5. The molecule has 6 rings (SSSR count). The van der Waals surface area contributed by atoms with Crippen molar-refractivity contribution in [1.29, 1.82) is 0 Å². The lowest BCUT2D eigenvalue weighted by Crippen LogP contribution is -2.68. The van der Waals surface area contributed by atoms with Crippen molar-refractivity contribution in [2.45, 2.75) is 56.2 Å². The van der Waals surface area contributed by atoms with Gasteiger partial charge < -0.3 is 24.5 Å². The molecule has 1 saturated heterocycles. The van der Waals surface area contributed by atoms with Crippen LogP contribution in [0.3, 0.4) is 0 Å². The Bertz CT molecular complexity index is 1250. The first-order valence-electron chi connectivity index (χ1n) is 13.2. The van der Waals surface area contributed by atoms with Crippen molar-refractivity contribution in [3.63, 3.8) is 0 Å². The van der Waals surface area contributed by atoms with Gasteiger partial charge in [-0.15, -0.1) is 0 Å². The smallest absolute Gasteiger partial charge is 0.246 e. The van der Waals surface area contributed by atoms with E-state index in [1.54, 1.807) is 6.08 Å². The predicted octanol–water partition coefficient (Wildman–Crippen LogP) is 3.98. The molecule has 190 valence electrons. The second-order valence-corrected chi connectivity index (χ2v) is 11.5. The molecule has 5 atom stereocenters. The number of ether oxygens (including phenoxy) is 1. The first-order chi connectivity index (χ1) is 17.2. The fraction of sp³-hybridized carbons (Fsp3) is 0.500. The molecule has 6 nitrogen and oxygen atoms in total. The summed E-state index contributed by atoms with van der Waals surface area (Å²) < 4.78 is 6.74. The molecule has 1 amide bonds. The first kappa shape index (κ1) is 23.4. The Balaban J connectivity index is 1.39. The number of carbonyl (C=O) groups is 1. The van der Waals surface area contributed by atoms with Crippen LogP contribution in [0, 0.1) is 12.8 Å². The normalized spacial score (nSPS) is 30.1. The summed E-state index contributed by atoms with van der Waals surface area (Å²) in [5, 5.41) is 11.1. The lowest BCUT2D eigenvalue weighted by molar-refractivity contribution is -0.134. The van der Waals surface area contributed by atoms with Crippen LogP contribution < -0.4 is 9.64 Å². The summed E-state index contributed by atoms with van der Waals surface area (Å²) in [4.78, 5) is 19.9. The van der Waals surface area contributed by atoms with E-state index in [1.807, 2.05) is 50.3 Å². The van der Waals surface area contributed by atoms with Crippen molar-refractivity contribution >= 4 is 17.7 Å². The van der Waals surface area contributed by atoms with Gasteiger partial charge in [0.1, 0.15) is 6.10 Å². The SMILES string of the molecule is Cc1cccc(C=CC(=O)N(C)[C@@H]2CC[C@H]3[C@H]4Cc5c(N(C)C)cc(O)c6c5[C@@]3(CCN4C)[C@H]2O6)c1. The number of anilines is 1. The Morgan fingerprint density at radius 1 is 1.22 bits per heavy atom. The van der Waals surface area contributed by atoms with Crippen molar-refractivity contribution in [2.75, 3.05) is 39.6 Å². The van der Waals surface area contributed by atoms with Gasteiger partial charge in [-0.3, -0.25) is 4.79 Å². The summed E-state index contributed by atoms with van der Waals surface area (Å²) in [5.41, 5.74) is 5.67. The molecule has 0 aromatic heterocycles. The van der Waals surface area contributed by atoms with E-state index in [0.717, 1.165) is 43.5 Å². The molecule has 2 bridgehead atoms. The number of nitrogens with zero attached hydrogens (tertiary/aromatic N) is 3. The van der Waals surface area contributed by atoms with Gasteiger partial charge in [0.15, 0.2) is 11.5 Å². The minimum absolute atomic E-state index is 0.00498. The number of phenolic OH excluding ortho intramolecular Hbond substituents is 1. The standard InChI is InChI=1S/C30H37N3O3/c1-18-7-6-8-19(15-18)9-12-26(35)33(5)22-11-10-21-24-16-20-23(31(2)3)17-25(34)28-27(20)30(21,29(22)36-28)13-14-32(24)4/h6-9,12,15,17,21-22,24,29,34H,10-11,13-14,16H2,1-5H3/t21-,22+,24+,29-,30-/m0/s1. The van der Waals surface area contributed by atoms with E-state index in [0.29, 0.717) is 17.7 Å². The van der Waals surface area contributed by atoms with Crippen LogP contribution in [-0.2, 0) is 16.6 Å². The van der Waals surface area contributed by atoms with E-state index in [1.165, 1.54) is 16.7 Å². The molecule has 2 fully saturated rings. The monoisotopic (exact) mass is 487 g/mol. The molecule has 1 spiro atoms. The van der Waals surface area contributed by atoms with E-state index in [2.05, 4.69) is 35.9 Å². The third-order valence-corrected chi connectivity index (χ3v) is 9.46. The van der Waals surface area contributed by atoms with E-state index in [-0.39, 0.29) is 29.2 Å². The summed E-state index contributed by atoms with van der Waals surface area (Å²) in [7, 11) is 8.26. The number of aryl methyl sites for hydroxylation is 1. The molecule has 2 aromatic carbocycles. The number of benzene rings is 2. The Kier molecular flexibility index (Phi) is 5.38. The van der Waals surface area contributed by atoms with Gasteiger partial charge in [-0.25, -0.2) is 0 Å². The van der Waals surface area contributed by atoms with Gasteiger partial charge in [0.25, 0.3) is 0 Å². The van der Waals surface area contributed by atoms with Crippen LogP contribution in [0.25, 0.3) is 6.08 Å². The van der Waals surface area contributed by atoms with Gasteiger partial charge in [-0.2, -0.15) is 0 Å². The molecule has 2 aliphatic heterocycles. The molecule has 2 heterocycles. The lowest BCUT2D eigenvalue weighted by Gasteiger charge is -2.60. The second-order valence-electron chi connectivity index (χ2n) is 11.5. The van der Waals surface area contributed by atoms with Crippen molar-refractivity contribution < 1.29 is 14.6 Å². The lowest BCUT2D eigenvalue weighted by atomic mass is 9.51. The van der Waals surface area contributed by atoms with Crippen molar-refractivity contribution in [3.05, 3.63) is 58.7 Å². The number of aromatic hydroxyl groups is 1. The van der Waals surface area contributed by atoms with Crippen LogP contribution in [-0.4, -0.2) is 73.7 Å². The number of hydrogen-bond acceptors (Lipinski definition) is 5. The van der Waals surface area contributed by atoms with Gasteiger partial charge >= 0.3 is 0 Å². The maximum absolute atomic E-state index is 13.4. The maximum atomic E-state index is 13.4. The average molecular weight is 488 g/mol. The van der Waals surface area contributed by atoms with Crippen LogP contribution in [0.5, 0.6) is 11.5 Å². The first-order valence-corrected chi connectivity index (χ1v) is 13.2. The van der Waals surface area contributed by atoms with Crippen LogP contribution in [0.1, 0.15) is 41.5 Å². The summed E-state index contributed by atoms with van der Waals surface area (Å²) in [5.74, 6) is 1.35. The number of carbonyl (C=O) groups excluding carboxylic acids is 1. The zero-order valence-corrected chi connectivity index (χ0v) is 22.0. The van der Waals surface area contributed by atoms with Crippen LogP contribution in [0.2, 0.25) is 0 Å².